The maximum absolute atomic E-state index is 14.1. The molecule has 0 bridgehead atoms. The van der Waals surface area contributed by atoms with Crippen LogP contribution in [0.2, 0.25) is 0 Å². The maximum atomic E-state index is 14.1. The maximum Gasteiger partial charge on any atom is 0.316 e. The number of ketones is 1. The van der Waals surface area contributed by atoms with Crippen LogP contribution in [0.3, 0.4) is 0 Å². The number of para-hydroxylation sites is 1. The molecule has 4 N–H and O–H groups in total. The van der Waals surface area contributed by atoms with Gasteiger partial charge in [-0.3, -0.25) is 28.9 Å². The van der Waals surface area contributed by atoms with Gasteiger partial charge in [-0.15, -0.1) is 0 Å². The van der Waals surface area contributed by atoms with Crippen molar-refractivity contribution in [3.63, 3.8) is 0 Å². The van der Waals surface area contributed by atoms with Gasteiger partial charge in [0.15, 0.2) is 23.2 Å². The molecule has 43 heavy (non-hydrogen) atoms. The first kappa shape index (κ1) is 33.0. The Morgan fingerprint density at radius 3 is 2.26 bits per heavy atom. The van der Waals surface area contributed by atoms with E-state index in [9.17, 15) is 41.5 Å². The first-order chi connectivity index (χ1) is 20.2. The van der Waals surface area contributed by atoms with Gasteiger partial charge in [0.1, 0.15) is 12.6 Å². The summed E-state index contributed by atoms with van der Waals surface area (Å²) in [4.78, 5) is 65.4. The topological polar surface area (TPSA) is 148 Å². The molecule has 2 aromatic rings. The predicted molar refractivity (Wildman–Crippen MR) is 146 cm³/mol. The van der Waals surface area contributed by atoms with Gasteiger partial charge in [0.25, 0.3) is 0 Å². The minimum absolute atomic E-state index is 0.0134. The second kappa shape index (κ2) is 14.1. The van der Waals surface area contributed by atoms with E-state index in [1.165, 1.54) is 6.07 Å². The Labute approximate surface area is 244 Å². The number of nitrogens with zero attached hydrogens (tertiary/aromatic N) is 1. The zero-order chi connectivity index (χ0) is 32.0. The summed E-state index contributed by atoms with van der Waals surface area (Å²) >= 11 is 0. The molecule has 1 saturated heterocycles. The van der Waals surface area contributed by atoms with Gasteiger partial charge >= 0.3 is 11.8 Å². The highest BCUT2D eigenvalue weighted by atomic mass is 19.2. The summed E-state index contributed by atoms with van der Waals surface area (Å²) in [6, 6.07) is 3.55. The van der Waals surface area contributed by atoms with Gasteiger partial charge in [-0.1, -0.05) is 32.0 Å². The van der Waals surface area contributed by atoms with E-state index >= 15 is 0 Å². The van der Waals surface area contributed by atoms with Gasteiger partial charge in [0.2, 0.25) is 23.4 Å². The number of hydrogen-bond acceptors (Lipinski definition) is 6. The molecule has 1 heterocycles. The predicted octanol–water partition coefficient (Wildman–Crippen LogP) is 2.44. The highest BCUT2D eigenvalue weighted by Crippen LogP contribution is 2.28. The van der Waals surface area contributed by atoms with Crippen LogP contribution in [-0.2, 0) is 24.0 Å². The fraction of sp³-hybridized carbons (Fsp3) is 0.414. The molecule has 0 saturated carbocycles. The number of anilines is 1. The van der Waals surface area contributed by atoms with Crippen LogP contribution in [0.4, 0.5) is 23.2 Å². The van der Waals surface area contributed by atoms with E-state index in [0.717, 1.165) is 4.90 Å². The minimum atomic E-state index is -1.86. The van der Waals surface area contributed by atoms with E-state index in [4.69, 9.17) is 10.5 Å². The molecular formula is C29H32F4N4O6. The molecular weight excluding hydrogens is 576 g/mol. The lowest BCUT2D eigenvalue weighted by molar-refractivity contribution is -0.137. The van der Waals surface area contributed by atoms with Gasteiger partial charge in [-0.05, 0) is 43.7 Å². The number of nitrogens with two attached hydrogens (primary N) is 1. The highest BCUT2D eigenvalue weighted by molar-refractivity contribution is 6.40. The molecule has 0 spiro atoms. The zero-order valence-corrected chi connectivity index (χ0v) is 23.7. The molecule has 3 rings (SSSR count). The molecule has 0 unspecified atom stereocenters. The molecule has 0 radical (unpaired) electrons. The number of carbonyl (C=O) groups is 5. The van der Waals surface area contributed by atoms with Crippen molar-refractivity contribution in [1.82, 2.24) is 10.6 Å². The number of carbonyl (C=O) groups excluding carboxylic acids is 5. The van der Waals surface area contributed by atoms with Crippen LogP contribution in [0, 0.1) is 42.0 Å². The van der Waals surface area contributed by atoms with Crippen LogP contribution in [0.15, 0.2) is 30.3 Å². The monoisotopic (exact) mass is 608 g/mol. The van der Waals surface area contributed by atoms with Crippen molar-refractivity contribution in [3.8, 4) is 5.75 Å². The van der Waals surface area contributed by atoms with Gasteiger partial charge in [-0.2, -0.15) is 8.78 Å². The normalized spacial score (nSPS) is 15.9. The molecule has 1 aliphatic heterocycles. The quantitative estimate of drug-likeness (QED) is 0.192. The summed E-state index contributed by atoms with van der Waals surface area (Å²) in [6.45, 7) is 4.33. The first-order valence-electron chi connectivity index (χ1n) is 13.5. The average Bonchev–Trinajstić information content (AvgIpc) is 3.35. The number of benzene rings is 2. The summed E-state index contributed by atoms with van der Waals surface area (Å²) in [6.07, 6.45) is 0.0624. The van der Waals surface area contributed by atoms with Crippen LogP contribution in [0.25, 0.3) is 0 Å². The van der Waals surface area contributed by atoms with Crippen molar-refractivity contribution >= 4 is 35.1 Å². The standard InChI is InChI=1S/C29H32F4N4O6/c1-14(2)10-21(37(29(42)26(34)39)20-7-5-4-6-15(20)3)28(41)36-19(11-16-8-9-35-27(16)40)22(38)13-43-25-23(32)17(30)12-18(31)24(25)33/h4-7,12,14,16,19,21H,8-11,13H2,1-3H3,(H2,34,39)(H,35,40)(H,36,41)/t16-,19-,21-/m0/s1. The highest BCUT2D eigenvalue weighted by Gasteiger charge is 2.38. The van der Waals surface area contributed by atoms with Crippen LogP contribution in [-0.4, -0.2) is 54.6 Å². The summed E-state index contributed by atoms with van der Waals surface area (Å²) in [7, 11) is 0. The molecule has 3 atom stereocenters. The number of amides is 4. The number of rotatable bonds is 12. The van der Waals surface area contributed by atoms with Crippen molar-refractivity contribution < 1.29 is 46.3 Å². The molecule has 0 aromatic heterocycles. The van der Waals surface area contributed by atoms with E-state index in [-0.39, 0.29) is 30.5 Å². The SMILES string of the molecule is Cc1ccccc1N(C(=O)C(N)=O)[C@@H](CC(C)C)C(=O)N[C@@H](C[C@@H]1CCNC1=O)C(=O)COc1c(F)c(F)cc(F)c1F. The molecule has 10 nitrogen and oxygen atoms in total. The van der Waals surface area contributed by atoms with E-state index < -0.39 is 83.0 Å². The van der Waals surface area contributed by atoms with Crippen molar-refractivity contribution in [2.75, 3.05) is 18.1 Å². The number of aryl methyl sites for hydroxylation is 1. The van der Waals surface area contributed by atoms with Crippen molar-refractivity contribution in [1.29, 1.82) is 0 Å². The summed E-state index contributed by atoms with van der Waals surface area (Å²) in [5.41, 5.74) is 6.07. The number of Topliss-reactive ketones (excluding diaryl/α,β-unsaturated/α-hetero) is 1. The third-order valence-electron chi connectivity index (χ3n) is 6.93. The summed E-state index contributed by atoms with van der Waals surface area (Å²) < 4.78 is 60.3. The van der Waals surface area contributed by atoms with Gasteiger partial charge in [-0.25, -0.2) is 8.78 Å². The molecule has 1 aliphatic rings. The second-order valence-electron chi connectivity index (χ2n) is 10.6. The lowest BCUT2D eigenvalue weighted by Crippen LogP contribution is -2.57. The molecule has 2 aromatic carbocycles. The Morgan fingerprint density at radius 2 is 1.72 bits per heavy atom. The Morgan fingerprint density at radius 1 is 1.09 bits per heavy atom. The lowest BCUT2D eigenvalue weighted by Gasteiger charge is -2.33. The lowest BCUT2D eigenvalue weighted by atomic mass is 9.94. The van der Waals surface area contributed by atoms with Crippen LogP contribution >= 0.6 is 0 Å². The average molecular weight is 609 g/mol. The van der Waals surface area contributed by atoms with Gasteiger partial charge in [0.05, 0.1) is 6.04 Å². The first-order valence-corrected chi connectivity index (χ1v) is 13.5. The van der Waals surface area contributed by atoms with Crippen LogP contribution < -0.4 is 26.0 Å². The van der Waals surface area contributed by atoms with Crippen molar-refractivity contribution in [3.05, 3.63) is 59.2 Å². The molecule has 232 valence electrons. The second-order valence-corrected chi connectivity index (χ2v) is 10.6. The number of halogens is 4. The molecule has 14 heteroatoms. The number of hydrogen-bond donors (Lipinski definition) is 3. The van der Waals surface area contributed by atoms with Crippen molar-refractivity contribution in [2.45, 2.75) is 52.1 Å². The smallest absolute Gasteiger partial charge is 0.316 e. The van der Waals surface area contributed by atoms with Crippen LogP contribution in [0.5, 0.6) is 5.75 Å². The van der Waals surface area contributed by atoms with Gasteiger partial charge < -0.3 is 21.1 Å². The Kier molecular flexibility index (Phi) is 10.8. The summed E-state index contributed by atoms with van der Waals surface area (Å²) in [5.74, 6) is -14.4. The van der Waals surface area contributed by atoms with E-state index in [2.05, 4.69) is 10.6 Å². The molecule has 4 amide bonds. The van der Waals surface area contributed by atoms with E-state index in [1.54, 1.807) is 39.0 Å². The summed E-state index contributed by atoms with van der Waals surface area (Å²) in [5, 5.41) is 5.09. The Bertz CT molecular complexity index is 1390. The molecule has 0 aliphatic carbocycles. The van der Waals surface area contributed by atoms with E-state index in [1.807, 2.05) is 0 Å². The van der Waals surface area contributed by atoms with Gasteiger partial charge in [0, 0.05) is 24.2 Å². The number of nitrogens with one attached hydrogen (secondary N) is 2. The Balaban J connectivity index is 1.96. The largest absolute Gasteiger partial charge is 0.479 e. The Hall–Kier alpha value is -4.49. The number of primary amides is 1. The van der Waals surface area contributed by atoms with Crippen LogP contribution in [0.1, 0.15) is 38.7 Å². The third kappa shape index (κ3) is 7.87. The fourth-order valence-corrected chi connectivity index (χ4v) is 4.76. The van der Waals surface area contributed by atoms with Crippen molar-refractivity contribution in [2.24, 2.45) is 17.6 Å². The third-order valence-corrected chi connectivity index (χ3v) is 6.93. The minimum Gasteiger partial charge on any atom is -0.479 e. The fourth-order valence-electron chi connectivity index (χ4n) is 4.76. The zero-order valence-electron chi connectivity index (χ0n) is 23.7. The molecule has 1 fully saturated rings. The number of ether oxygens (including phenoxy) is 1. The van der Waals surface area contributed by atoms with E-state index in [0.29, 0.717) is 18.5 Å².